The van der Waals surface area contributed by atoms with Gasteiger partial charge in [0.15, 0.2) is 5.13 Å². The lowest BCUT2D eigenvalue weighted by atomic mass is 10.1. The maximum absolute atomic E-state index is 4.48. The molecular formula is C20H24N4S. The molecule has 0 unspecified atom stereocenters. The number of fused-ring (bicyclic) bond motifs is 1. The van der Waals surface area contributed by atoms with Crippen molar-refractivity contribution < 1.29 is 0 Å². The number of anilines is 2. The highest BCUT2D eigenvalue weighted by Gasteiger charge is 2.18. The summed E-state index contributed by atoms with van der Waals surface area (Å²) in [6, 6.07) is 15.4. The van der Waals surface area contributed by atoms with E-state index in [1.165, 1.54) is 21.3 Å². The van der Waals surface area contributed by atoms with Crippen molar-refractivity contribution in [1.82, 2.24) is 9.88 Å². The lowest BCUT2D eigenvalue weighted by Gasteiger charge is -2.36. The summed E-state index contributed by atoms with van der Waals surface area (Å²) in [5.74, 6) is 0. The zero-order valence-electron chi connectivity index (χ0n) is 14.9. The fraction of sp³-hybridized carbons (Fsp3) is 0.350. The van der Waals surface area contributed by atoms with Crippen LogP contribution < -0.4 is 9.80 Å². The molecule has 1 fully saturated rings. The van der Waals surface area contributed by atoms with Crippen molar-refractivity contribution in [1.29, 1.82) is 0 Å². The highest BCUT2D eigenvalue weighted by molar-refractivity contribution is 7.15. The molecule has 5 heteroatoms. The minimum absolute atomic E-state index is 1.01. The van der Waals surface area contributed by atoms with Crippen LogP contribution in [0.5, 0.6) is 0 Å². The van der Waals surface area contributed by atoms with Crippen LogP contribution in [-0.4, -0.2) is 50.2 Å². The molecule has 3 aromatic rings. The predicted octanol–water partition coefficient (Wildman–Crippen LogP) is 3.68. The summed E-state index contributed by atoms with van der Waals surface area (Å²) in [5, 5.41) is 3.72. The molecule has 1 aliphatic heterocycles. The Morgan fingerprint density at radius 1 is 1.00 bits per heavy atom. The van der Waals surface area contributed by atoms with Gasteiger partial charge in [-0.3, -0.25) is 4.90 Å². The number of thiazole rings is 1. The third kappa shape index (κ3) is 3.62. The van der Waals surface area contributed by atoms with Crippen molar-refractivity contribution in [2.24, 2.45) is 0 Å². The molecule has 0 amide bonds. The smallest absolute Gasteiger partial charge is 0.185 e. The average Bonchev–Trinajstić information content (AvgIpc) is 3.11. The maximum atomic E-state index is 4.48. The number of piperazine rings is 1. The van der Waals surface area contributed by atoms with Gasteiger partial charge in [-0.05, 0) is 22.9 Å². The molecule has 2 heterocycles. The number of hydrogen-bond acceptors (Lipinski definition) is 5. The topological polar surface area (TPSA) is 22.6 Å². The zero-order valence-corrected chi connectivity index (χ0v) is 15.7. The molecular weight excluding hydrogens is 328 g/mol. The number of rotatable bonds is 4. The molecule has 1 aromatic heterocycles. The van der Waals surface area contributed by atoms with Gasteiger partial charge in [-0.1, -0.05) is 30.3 Å². The Labute approximate surface area is 153 Å². The maximum Gasteiger partial charge on any atom is 0.185 e. The van der Waals surface area contributed by atoms with Crippen molar-refractivity contribution in [2.75, 3.05) is 50.1 Å². The highest BCUT2D eigenvalue weighted by Crippen LogP contribution is 2.25. The second-order valence-corrected chi connectivity index (χ2v) is 7.89. The summed E-state index contributed by atoms with van der Waals surface area (Å²) in [5.41, 5.74) is 1.34. The first-order valence-electron chi connectivity index (χ1n) is 8.77. The summed E-state index contributed by atoms with van der Waals surface area (Å²) in [6.45, 7) is 5.37. The number of hydrogen-bond donors (Lipinski definition) is 0. The molecule has 130 valence electrons. The van der Waals surface area contributed by atoms with Crippen LogP contribution in [0.25, 0.3) is 10.8 Å². The molecule has 4 nitrogen and oxygen atoms in total. The van der Waals surface area contributed by atoms with E-state index in [4.69, 9.17) is 0 Å². The first-order valence-corrected chi connectivity index (χ1v) is 9.59. The van der Waals surface area contributed by atoms with E-state index in [0.29, 0.717) is 0 Å². The van der Waals surface area contributed by atoms with Crippen LogP contribution in [0.2, 0.25) is 0 Å². The normalized spacial score (nSPS) is 15.7. The van der Waals surface area contributed by atoms with Crippen LogP contribution in [0, 0.1) is 0 Å². The molecule has 2 aromatic carbocycles. The molecule has 0 aliphatic carbocycles. The summed E-state index contributed by atoms with van der Waals surface area (Å²) >= 11 is 1.79. The molecule has 0 N–H and O–H groups in total. The zero-order chi connectivity index (χ0) is 17.2. The Morgan fingerprint density at radius 3 is 2.48 bits per heavy atom. The van der Waals surface area contributed by atoms with Crippen molar-refractivity contribution in [3.8, 4) is 0 Å². The third-order valence-electron chi connectivity index (χ3n) is 4.77. The molecule has 0 saturated carbocycles. The van der Waals surface area contributed by atoms with Crippen LogP contribution in [0.15, 0.2) is 48.7 Å². The Morgan fingerprint density at radius 2 is 1.76 bits per heavy atom. The van der Waals surface area contributed by atoms with Gasteiger partial charge in [0.05, 0.1) is 0 Å². The molecule has 0 atom stereocenters. The van der Waals surface area contributed by atoms with Gasteiger partial charge < -0.3 is 9.80 Å². The fourth-order valence-corrected chi connectivity index (χ4v) is 4.21. The van der Waals surface area contributed by atoms with Crippen molar-refractivity contribution in [3.05, 3.63) is 53.5 Å². The number of nitrogens with zero attached hydrogens (tertiary/aromatic N) is 4. The van der Waals surface area contributed by atoms with Gasteiger partial charge in [0.2, 0.25) is 0 Å². The second-order valence-electron chi connectivity index (χ2n) is 6.80. The first kappa shape index (κ1) is 16.4. The molecule has 0 bridgehead atoms. The molecule has 0 radical (unpaired) electrons. The van der Waals surface area contributed by atoms with E-state index in [1.54, 1.807) is 11.3 Å². The SMILES string of the molecule is CN(C)c1ncc(CN2CCN(c3ccc4ccccc4c3)CC2)s1. The Bertz CT molecular complexity index is 850. The lowest BCUT2D eigenvalue weighted by molar-refractivity contribution is 0.252. The Balaban J connectivity index is 1.38. The molecule has 1 aliphatic rings. The van der Waals surface area contributed by atoms with Gasteiger partial charge >= 0.3 is 0 Å². The summed E-state index contributed by atoms with van der Waals surface area (Å²) in [6.07, 6.45) is 2.02. The first-order chi connectivity index (χ1) is 12.2. The monoisotopic (exact) mass is 352 g/mol. The number of benzene rings is 2. The number of aromatic nitrogens is 1. The standard InChI is InChI=1S/C20H24N4S/c1-22(2)20-21-14-19(25-20)15-23-9-11-24(12-10-23)18-8-7-16-5-3-4-6-17(16)13-18/h3-8,13-14H,9-12,15H2,1-2H3. The quantitative estimate of drug-likeness (QED) is 0.714. The van der Waals surface area contributed by atoms with Gasteiger partial charge in [-0.15, -0.1) is 11.3 Å². The van der Waals surface area contributed by atoms with E-state index in [0.717, 1.165) is 37.9 Å². The molecule has 25 heavy (non-hydrogen) atoms. The second kappa shape index (κ2) is 7.02. The summed E-state index contributed by atoms with van der Waals surface area (Å²) in [7, 11) is 4.09. The minimum Gasteiger partial charge on any atom is -0.369 e. The fourth-order valence-electron chi connectivity index (χ4n) is 3.34. The van der Waals surface area contributed by atoms with E-state index < -0.39 is 0 Å². The molecule has 4 rings (SSSR count). The van der Waals surface area contributed by atoms with E-state index in [-0.39, 0.29) is 0 Å². The van der Waals surface area contributed by atoms with Crippen LogP contribution in [0.1, 0.15) is 4.88 Å². The summed E-state index contributed by atoms with van der Waals surface area (Å²) in [4.78, 5) is 12.9. The van der Waals surface area contributed by atoms with Crippen LogP contribution in [0.4, 0.5) is 10.8 Å². The van der Waals surface area contributed by atoms with Crippen LogP contribution >= 0.6 is 11.3 Å². The minimum atomic E-state index is 1.01. The van der Waals surface area contributed by atoms with E-state index in [9.17, 15) is 0 Å². The van der Waals surface area contributed by atoms with Gasteiger partial charge in [-0.2, -0.15) is 0 Å². The van der Waals surface area contributed by atoms with E-state index >= 15 is 0 Å². The average molecular weight is 353 g/mol. The van der Waals surface area contributed by atoms with Crippen molar-refractivity contribution >= 4 is 32.9 Å². The van der Waals surface area contributed by atoms with Crippen molar-refractivity contribution in [3.63, 3.8) is 0 Å². The highest BCUT2D eigenvalue weighted by atomic mass is 32.1. The Kier molecular flexibility index (Phi) is 4.59. The van der Waals surface area contributed by atoms with Gasteiger partial charge in [-0.25, -0.2) is 4.98 Å². The van der Waals surface area contributed by atoms with Crippen LogP contribution in [-0.2, 0) is 6.54 Å². The lowest BCUT2D eigenvalue weighted by Crippen LogP contribution is -2.45. The van der Waals surface area contributed by atoms with Gasteiger partial charge in [0.25, 0.3) is 0 Å². The van der Waals surface area contributed by atoms with E-state index in [2.05, 4.69) is 62.1 Å². The molecule has 0 spiro atoms. The predicted molar refractivity (Wildman–Crippen MR) is 108 cm³/mol. The van der Waals surface area contributed by atoms with Crippen LogP contribution in [0.3, 0.4) is 0 Å². The Hall–Kier alpha value is -2.11. The third-order valence-corrected chi connectivity index (χ3v) is 5.92. The van der Waals surface area contributed by atoms with Crippen molar-refractivity contribution in [2.45, 2.75) is 6.54 Å². The molecule has 1 saturated heterocycles. The van der Waals surface area contributed by atoms with Gasteiger partial charge in [0, 0.05) is 63.6 Å². The van der Waals surface area contributed by atoms with Gasteiger partial charge in [0.1, 0.15) is 0 Å². The summed E-state index contributed by atoms with van der Waals surface area (Å²) < 4.78 is 0. The van der Waals surface area contributed by atoms with E-state index in [1.807, 2.05) is 20.3 Å². The largest absolute Gasteiger partial charge is 0.369 e.